The zero-order valence-corrected chi connectivity index (χ0v) is 13.9. The van der Waals surface area contributed by atoms with Crippen LogP contribution in [0.4, 0.5) is 0 Å². The first-order valence-corrected chi connectivity index (χ1v) is 8.68. The van der Waals surface area contributed by atoms with Gasteiger partial charge >= 0.3 is 0 Å². The predicted octanol–water partition coefficient (Wildman–Crippen LogP) is 2.21. The van der Waals surface area contributed by atoms with Gasteiger partial charge < -0.3 is 14.8 Å². The zero-order chi connectivity index (χ0) is 15.5. The van der Waals surface area contributed by atoms with E-state index in [1.807, 2.05) is 36.1 Å². The lowest BCUT2D eigenvalue weighted by Crippen LogP contribution is -2.50. The summed E-state index contributed by atoms with van der Waals surface area (Å²) in [6.45, 7) is 8.80. The van der Waals surface area contributed by atoms with Crippen LogP contribution >= 0.6 is 11.8 Å². The average Bonchev–Trinajstić information content (AvgIpc) is 2.96. The molecule has 6 heteroatoms. The summed E-state index contributed by atoms with van der Waals surface area (Å²) in [6.07, 6.45) is 0. The second-order valence-corrected chi connectivity index (χ2v) is 6.91. The van der Waals surface area contributed by atoms with Gasteiger partial charge in [0.25, 0.3) is 0 Å². The van der Waals surface area contributed by atoms with E-state index in [9.17, 15) is 4.79 Å². The van der Waals surface area contributed by atoms with Crippen molar-refractivity contribution >= 4 is 28.7 Å². The molecule has 1 aromatic heterocycles. The van der Waals surface area contributed by atoms with Gasteiger partial charge in [0, 0.05) is 26.2 Å². The Morgan fingerprint density at radius 1 is 1.32 bits per heavy atom. The smallest absolute Gasteiger partial charge is 0.235 e. The number of rotatable bonds is 4. The summed E-state index contributed by atoms with van der Waals surface area (Å²) in [4.78, 5) is 24.7. The Hall–Kier alpha value is -1.53. The number of para-hydroxylation sites is 2. The number of carbonyl (C=O) groups excluding carboxylic acids is 1. The maximum atomic E-state index is 12.6. The number of fused-ring (bicyclic) bond motifs is 1. The van der Waals surface area contributed by atoms with Gasteiger partial charge in [-0.05, 0) is 25.6 Å². The van der Waals surface area contributed by atoms with Gasteiger partial charge in [-0.25, -0.2) is 4.98 Å². The molecule has 1 aromatic carbocycles. The molecule has 2 heterocycles. The minimum absolute atomic E-state index is 0.117. The van der Waals surface area contributed by atoms with Gasteiger partial charge in [-0.15, -0.1) is 0 Å². The van der Waals surface area contributed by atoms with Crippen LogP contribution in [-0.2, 0) is 4.79 Å². The summed E-state index contributed by atoms with van der Waals surface area (Å²) in [5, 5.41) is 0.697. The van der Waals surface area contributed by atoms with Crippen molar-refractivity contribution < 1.29 is 4.79 Å². The van der Waals surface area contributed by atoms with Gasteiger partial charge in [-0.3, -0.25) is 4.79 Å². The third-order valence-corrected chi connectivity index (χ3v) is 5.11. The Balaban J connectivity index is 1.61. The van der Waals surface area contributed by atoms with Gasteiger partial charge in [0.1, 0.15) is 0 Å². The number of carbonyl (C=O) groups is 1. The van der Waals surface area contributed by atoms with Crippen LogP contribution in [0, 0.1) is 0 Å². The van der Waals surface area contributed by atoms with Crippen molar-refractivity contribution in [2.45, 2.75) is 24.3 Å². The van der Waals surface area contributed by atoms with Gasteiger partial charge in [-0.1, -0.05) is 30.8 Å². The molecule has 0 radical (unpaired) electrons. The quantitative estimate of drug-likeness (QED) is 0.878. The van der Waals surface area contributed by atoms with E-state index in [-0.39, 0.29) is 11.2 Å². The van der Waals surface area contributed by atoms with Crippen LogP contribution in [0.2, 0.25) is 0 Å². The standard InChI is InChI=1S/C16H22N4OS/c1-3-19-8-10-20(11-9-19)15(21)12(2)22-16-17-13-6-4-5-7-14(13)18-16/h4-7,12H,3,8-11H2,1-2H3,(H,17,18). The van der Waals surface area contributed by atoms with Crippen molar-refractivity contribution in [2.75, 3.05) is 32.7 Å². The Morgan fingerprint density at radius 3 is 2.73 bits per heavy atom. The van der Waals surface area contributed by atoms with Crippen LogP contribution < -0.4 is 0 Å². The number of hydrogen-bond donors (Lipinski definition) is 1. The van der Waals surface area contributed by atoms with Crippen molar-refractivity contribution in [3.8, 4) is 0 Å². The third kappa shape index (κ3) is 3.28. The van der Waals surface area contributed by atoms with Crippen molar-refractivity contribution in [1.29, 1.82) is 0 Å². The monoisotopic (exact) mass is 318 g/mol. The Morgan fingerprint density at radius 2 is 2.05 bits per heavy atom. The van der Waals surface area contributed by atoms with Crippen LogP contribution in [0.5, 0.6) is 0 Å². The molecule has 22 heavy (non-hydrogen) atoms. The van der Waals surface area contributed by atoms with Crippen molar-refractivity contribution in [3.05, 3.63) is 24.3 Å². The molecule has 0 bridgehead atoms. The van der Waals surface area contributed by atoms with Gasteiger partial charge in [0.05, 0.1) is 16.3 Å². The fourth-order valence-corrected chi connectivity index (χ4v) is 3.65. The first-order chi connectivity index (χ1) is 10.7. The van der Waals surface area contributed by atoms with E-state index < -0.39 is 0 Å². The molecule has 3 rings (SSSR count). The molecule has 1 aliphatic rings. The third-order valence-electron chi connectivity index (χ3n) is 4.14. The first kappa shape index (κ1) is 15.4. The van der Waals surface area contributed by atoms with E-state index in [0.29, 0.717) is 0 Å². The maximum Gasteiger partial charge on any atom is 0.235 e. The molecule has 1 saturated heterocycles. The number of nitrogens with zero attached hydrogens (tertiary/aromatic N) is 3. The van der Waals surface area contributed by atoms with Crippen LogP contribution in [0.25, 0.3) is 11.0 Å². The molecule has 1 aliphatic heterocycles. The van der Waals surface area contributed by atoms with E-state index in [2.05, 4.69) is 21.8 Å². The number of likely N-dealkylation sites (N-methyl/N-ethyl adjacent to an activating group) is 1. The van der Waals surface area contributed by atoms with E-state index in [1.54, 1.807) is 0 Å². The summed E-state index contributed by atoms with van der Waals surface area (Å²) in [5.41, 5.74) is 1.96. The van der Waals surface area contributed by atoms with Gasteiger partial charge in [0.2, 0.25) is 5.91 Å². The summed E-state index contributed by atoms with van der Waals surface area (Å²) in [7, 11) is 0. The number of hydrogen-bond acceptors (Lipinski definition) is 4. The number of imidazole rings is 1. The number of aromatic nitrogens is 2. The van der Waals surface area contributed by atoms with E-state index >= 15 is 0 Å². The Bertz CT molecular complexity index is 615. The minimum Gasteiger partial charge on any atom is -0.339 e. The molecule has 0 spiro atoms. The van der Waals surface area contributed by atoms with Crippen LogP contribution in [-0.4, -0.2) is 63.6 Å². The molecule has 5 nitrogen and oxygen atoms in total. The lowest BCUT2D eigenvalue weighted by Gasteiger charge is -2.35. The van der Waals surface area contributed by atoms with Crippen LogP contribution in [0.15, 0.2) is 29.4 Å². The Labute approximate surface area is 135 Å². The molecular weight excluding hydrogens is 296 g/mol. The summed E-state index contributed by atoms with van der Waals surface area (Å²) >= 11 is 1.51. The molecule has 1 unspecified atom stereocenters. The van der Waals surface area contributed by atoms with Crippen molar-refractivity contribution in [1.82, 2.24) is 19.8 Å². The Kier molecular flexibility index (Phi) is 4.69. The van der Waals surface area contributed by atoms with Gasteiger partial charge in [-0.2, -0.15) is 0 Å². The molecule has 1 amide bonds. The summed E-state index contributed by atoms with van der Waals surface area (Å²) in [6, 6.07) is 7.94. The first-order valence-electron chi connectivity index (χ1n) is 7.80. The average molecular weight is 318 g/mol. The highest BCUT2D eigenvalue weighted by Crippen LogP contribution is 2.24. The molecule has 0 aliphatic carbocycles. The van der Waals surface area contributed by atoms with E-state index in [0.717, 1.165) is 48.9 Å². The van der Waals surface area contributed by atoms with Crippen molar-refractivity contribution in [3.63, 3.8) is 0 Å². The molecule has 1 atom stereocenters. The molecule has 2 aromatic rings. The number of aromatic amines is 1. The van der Waals surface area contributed by atoms with E-state index in [1.165, 1.54) is 11.8 Å². The number of nitrogens with one attached hydrogen (secondary N) is 1. The normalized spacial score (nSPS) is 17.8. The van der Waals surface area contributed by atoms with Crippen LogP contribution in [0.3, 0.4) is 0 Å². The van der Waals surface area contributed by atoms with Gasteiger partial charge in [0.15, 0.2) is 5.16 Å². The highest BCUT2D eigenvalue weighted by atomic mass is 32.2. The molecule has 1 fully saturated rings. The lowest BCUT2D eigenvalue weighted by molar-refractivity contribution is -0.132. The van der Waals surface area contributed by atoms with E-state index in [4.69, 9.17) is 0 Å². The highest BCUT2D eigenvalue weighted by Gasteiger charge is 2.25. The molecular formula is C16H22N4OS. The number of thioether (sulfide) groups is 1. The number of benzene rings is 1. The fraction of sp³-hybridized carbons (Fsp3) is 0.500. The number of piperazine rings is 1. The molecule has 0 saturated carbocycles. The topological polar surface area (TPSA) is 52.2 Å². The highest BCUT2D eigenvalue weighted by molar-refractivity contribution is 8.00. The lowest BCUT2D eigenvalue weighted by atomic mass is 10.3. The second-order valence-electron chi connectivity index (χ2n) is 5.58. The SMILES string of the molecule is CCN1CCN(C(=O)C(C)Sc2nc3ccccc3[nH]2)CC1. The zero-order valence-electron chi connectivity index (χ0n) is 13.1. The molecule has 1 N–H and O–H groups in total. The number of H-pyrrole nitrogens is 1. The van der Waals surface area contributed by atoms with Crippen LogP contribution in [0.1, 0.15) is 13.8 Å². The minimum atomic E-state index is -0.117. The number of amides is 1. The summed E-state index contributed by atoms with van der Waals surface area (Å²) < 4.78 is 0. The maximum absolute atomic E-state index is 12.6. The molecule has 118 valence electrons. The summed E-state index contributed by atoms with van der Waals surface area (Å²) in [5.74, 6) is 0.209. The predicted molar refractivity (Wildman–Crippen MR) is 90.1 cm³/mol. The van der Waals surface area contributed by atoms with Crippen molar-refractivity contribution in [2.24, 2.45) is 0 Å². The fourth-order valence-electron chi connectivity index (χ4n) is 2.74. The second kappa shape index (κ2) is 6.71. The largest absolute Gasteiger partial charge is 0.339 e.